The van der Waals surface area contributed by atoms with E-state index in [0.29, 0.717) is 12.1 Å². The van der Waals surface area contributed by atoms with Crippen LogP contribution in [-0.2, 0) is 4.79 Å². The molecule has 23 heavy (non-hydrogen) atoms. The topological polar surface area (TPSA) is 61.4 Å². The Bertz CT molecular complexity index is 525. The minimum Gasteiger partial charge on any atom is -0.355 e. The number of piperidine rings is 1. The van der Waals surface area contributed by atoms with E-state index in [-0.39, 0.29) is 18.4 Å². The highest BCUT2D eigenvalue weighted by molar-refractivity contribution is 5.97. The molecule has 1 fully saturated rings. The highest BCUT2D eigenvalue weighted by atomic mass is 16.2. The zero-order valence-electron chi connectivity index (χ0n) is 13.9. The average molecular weight is 317 g/mol. The lowest BCUT2D eigenvalue weighted by Crippen LogP contribution is -2.38. The van der Waals surface area contributed by atoms with Gasteiger partial charge < -0.3 is 15.5 Å². The Labute approximate surface area is 138 Å². The van der Waals surface area contributed by atoms with Gasteiger partial charge in [0.05, 0.1) is 6.54 Å². The summed E-state index contributed by atoms with van der Waals surface area (Å²) in [7, 11) is 0. The molecule has 1 heterocycles. The number of hydrogen-bond acceptors (Lipinski definition) is 3. The standard InChI is InChI=1S/C18H27N3O2/c1-15-8-3-4-9-16(15)18(23)20-14-17(22)19-10-7-13-21-11-5-2-6-12-21/h3-4,8-9H,2,5-7,10-14H2,1H3,(H,19,22)(H,20,23). The van der Waals surface area contributed by atoms with E-state index in [0.717, 1.165) is 18.5 Å². The summed E-state index contributed by atoms with van der Waals surface area (Å²) in [6.07, 6.45) is 4.87. The summed E-state index contributed by atoms with van der Waals surface area (Å²) in [5.41, 5.74) is 1.53. The Morgan fingerprint density at radius 2 is 1.83 bits per heavy atom. The second kappa shape index (κ2) is 9.30. The highest BCUT2D eigenvalue weighted by Gasteiger charge is 2.11. The first kappa shape index (κ1) is 17.5. The number of benzene rings is 1. The van der Waals surface area contributed by atoms with Crippen LogP contribution in [0.1, 0.15) is 41.6 Å². The first-order valence-corrected chi connectivity index (χ1v) is 8.49. The van der Waals surface area contributed by atoms with Crippen LogP contribution in [0.5, 0.6) is 0 Å². The number of nitrogens with zero attached hydrogens (tertiary/aromatic N) is 1. The number of hydrogen-bond donors (Lipinski definition) is 2. The van der Waals surface area contributed by atoms with Gasteiger partial charge in [-0.15, -0.1) is 0 Å². The lowest BCUT2D eigenvalue weighted by atomic mass is 10.1. The quantitative estimate of drug-likeness (QED) is 0.753. The summed E-state index contributed by atoms with van der Waals surface area (Å²) < 4.78 is 0. The molecule has 0 aromatic heterocycles. The second-order valence-corrected chi connectivity index (χ2v) is 6.10. The number of carbonyl (C=O) groups is 2. The number of likely N-dealkylation sites (tertiary alicyclic amines) is 1. The zero-order chi connectivity index (χ0) is 16.5. The summed E-state index contributed by atoms with van der Waals surface area (Å²) >= 11 is 0. The van der Waals surface area contributed by atoms with Gasteiger partial charge in [0, 0.05) is 12.1 Å². The molecule has 5 nitrogen and oxygen atoms in total. The van der Waals surface area contributed by atoms with Crippen LogP contribution in [-0.4, -0.2) is 49.4 Å². The fourth-order valence-corrected chi connectivity index (χ4v) is 2.86. The van der Waals surface area contributed by atoms with Crippen LogP contribution in [0.15, 0.2) is 24.3 Å². The van der Waals surface area contributed by atoms with Crippen molar-refractivity contribution < 1.29 is 9.59 Å². The van der Waals surface area contributed by atoms with Crippen LogP contribution in [0.4, 0.5) is 0 Å². The summed E-state index contributed by atoms with van der Waals surface area (Å²) in [6.45, 7) is 5.97. The van der Waals surface area contributed by atoms with Gasteiger partial charge in [0.25, 0.3) is 5.91 Å². The molecule has 1 aromatic carbocycles. The molecule has 126 valence electrons. The molecule has 0 atom stereocenters. The molecule has 0 unspecified atom stereocenters. The lowest BCUT2D eigenvalue weighted by molar-refractivity contribution is -0.120. The molecule has 5 heteroatoms. The van der Waals surface area contributed by atoms with Crippen molar-refractivity contribution in [2.75, 3.05) is 32.7 Å². The van der Waals surface area contributed by atoms with Crippen molar-refractivity contribution in [1.82, 2.24) is 15.5 Å². The van der Waals surface area contributed by atoms with Crippen LogP contribution in [0.2, 0.25) is 0 Å². The van der Waals surface area contributed by atoms with Gasteiger partial charge in [0.15, 0.2) is 0 Å². The van der Waals surface area contributed by atoms with Crippen LogP contribution < -0.4 is 10.6 Å². The predicted octanol–water partition coefficient (Wildman–Crippen LogP) is 1.72. The molecular weight excluding hydrogens is 290 g/mol. The molecule has 0 aliphatic carbocycles. The van der Waals surface area contributed by atoms with Gasteiger partial charge in [0.1, 0.15) is 0 Å². The maximum atomic E-state index is 12.0. The van der Waals surface area contributed by atoms with Gasteiger partial charge in [0.2, 0.25) is 5.91 Å². The average Bonchev–Trinajstić information content (AvgIpc) is 2.58. The van der Waals surface area contributed by atoms with Gasteiger partial charge in [-0.05, 0) is 57.5 Å². The van der Waals surface area contributed by atoms with Gasteiger partial charge in [-0.1, -0.05) is 24.6 Å². The number of aryl methyl sites for hydroxylation is 1. The largest absolute Gasteiger partial charge is 0.355 e. The molecule has 2 rings (SSSR count). The molecule has 2 amide bonds. The molecule has 1 aliphatic heterocycles. The van der Waals surface area contributed by atoms with E-state index in [1.807, 2.05) is 25.1 Å². The lowest BCUT2D eigenvalue weighted by Gasteiger charge is -2.26. The van der Waals surface area contributed by atoms with E-state index < -0.39 is 0 Å². The number of carbonyl (C=O) groups excluding carboxylic acids is 2. The normalized spacial score (nSPS) is 15.2. The Kier molecular flexibility index (Phi) is 7.07. The van der Waals surface area contributed by atoms with E-state index in [4.69, 9.17) is 0 Å². The van der Waals surface area contributed by atoms with Gasteiger partial charge in [-0.3, -0.25) is 9.59 Å². The van der Waals surface area contributed by atoms with Crippen molar-refractivity contribution in [2.45, 2.75) is 32.6 Å². The maximum absolute atomic E-state index is 12.0. The molecule has 0 spiro atoms. The van der Waals surface area contributed by atoms with E-state index >= 15 is 0 Å². The number of rotatable bonds is 7. The minimum absolute atomic E-state index is 0.0247. The van der Waals surface area contributed by atoms with E-state index in [2.05, 4.69) is 15.5 Å². The van der Waals surface area contributed by atoms with Gasteiger partial charge in [-0.25, -0.2) is 0 Å². The van der Waals surface area contributed by atoms with Crippen LogP contribution in [0, 0.1) is 6.92 Å². The van der Waals surface area contributed by atoms with Crippen molar-refractivity contribution in [2.24, 2.45) is 0 Å². The van der Waals surface area contributed by atoms with Crippen LogP contribution in [0.25, 0.3) is 0 Å². The van der Waals surface area contributed by atoms with Crippen molar-refractivity contribution in [3.05, 3.63) is 35.4 Å². The van der Waals surface area contributed by atoms with E-state index in [1.54, 1.807) is 6.07 Å². The van der Waals surface area contributed by atoms with Crippen molar-refractivity contribution in [3.8, 4) is 0 Å². The van der Waals surface area contributed by atoms with Crippen molar-refractivity contribution >= 4 is 11.8 Å². The van der Waals surface area contributed by atoms with E-state index in [9.17, 15) is 9.59 Å². The Balaban J connectivity index is 1.59. The molecule has 1 saturated heterocycles. The molecular formula is C18H27N3O2. The Morgan fingerprint density at radius 3 is 2.57 bits per heavy atom. The minimum atomic E-state index is -0.202. The van der Waals surface area contributed by atoms with Crippen LogP contribution >= 0.6 is 0 Å². The SMILES string of the molecule is Cc1ccccc1C(=O)NCC(=O)NCCCN1CCCCC1. The molecule has 1 aromatic rings. The highest BCUT2D eigenvalue weighted by Crippen LogP contribution is 2.08. The summed E-state index contributed by atoms with van der Waals surface area (Å²) in [5.74, 6) is -0.336. The third kappa shape index (κ3) is 6.02. The van der Waals surface area contributed by atoms with Crippen molar-refractivity contribution in [3.63, 3.8) is 0 Å². The summed E-state index contributed by atoms with van der Waals surface area (Å²) in [6, 6.07) is 7.36. The van der Waals surface area contributed by atoms with Crippen LogP contribution in [0.3, 0.4) is 0 Å². The van der Waals surface area contributed by atoms with Gasteiger partial charge >= 0.3 is 0 Å². The third-order valence-corrected chi connectivity index (χ3v) is 4.22. The summed E-state index contributed by atoms with van der Waals surface area (Å²) in [4.78, 5) is 26.2. The predicted molar refractivity (Wildman–Crippen MR) is 91.4 cm³/mol. The number of nitrogens with one attached hydrogen (secondary N) is 2. The first-order chi connectivity index (χ1) is 11.2. The smallest absolute Gasteiger partial charge is 0.251 e. The monoisotopic (exact) mass is 317 g/mol. The molecule has 0 bridgehead atoms. The zero-order valence-corrected chi connectivity index (χ0v) is 13.9. The van der Waals surface area contributed by atoms with E-state index in [1.165, 1.54) is 32.4 Å². The van der Waals surface area contributed by atoms with Gasteiger partial charge in [-0.2, -0.15) is 0 Å². The molecule has 0 saturated carbocycles. The number of amides is 2. The second-order valence-electron chi connectivity index (χ2n) is 6.10. The summed E-state index contributed by atoms with van der Waals surface area (Å²) in [5, 5.41) is 5.53. The molecule has 1 aliphatic rings. The molecule has 2 N–H and O–H groups in total. The molecule has 0 radical (unpaired) electrons. The third-order valence-electron chi connectivity index (χ3n) is 4.22. The fourth-order valence-electron chi connectivity index (χ4n) is 2.86. The maximum Gasteiger partial charge on any atom is 0.251 e. The van der Waals surface area contributed by atoms with Crippen molar-refractivity contribution in [1.29, 1.82) is 0 Å². The Hall–Kier alpha value is -1.88. The Morgan fingerprint density at radius 1 is 1.09 bits per heavy atom. The fraction of sp³-hybridized carbons (Fsp3) is 0.556. The first-order valence-electron chi connectivity index (χ1n) is 8.49.